The van der Waals surface area contributed by atoms with E-state index < -0.39 is 0 Å². The van der Waals surface area contributed by atoms with Gasteiger partial charge in [0.05, 0.1) is 17.3 Å². The van der Waals surface area contributed by atoms with Crippen LogP contribution in [-0.2, 0) is 6.54 Å². The Bertz CT molecular complexity index is 1030. The molecule has 0 radical (unpaired) electrons. The van der Waals surface area contributed by atoms with Crippen LogP contribution in [-0.4, -0.2) is 56.5 Å². The molecule has 7 heteroatoms. The van der Waals surface area contributed by atoms with Gasteiger partial charge in [0, 0.05) is 45.1 Å². The Hall–Kier alpha value is -3.24. The van der Waals surface area contributed by atoms with Gasteiger partial charge in [-0.05, 0) is 37.1 Å². The average Bonchev–Trinajstić information content (AvgIpc) is 2.88. The molecule has 0 bridgehead atoms. The van der Waals surface area contributed by atoms with Crippen molar-refractivity contribution >= 4 is 11.6 Å². The van der Waals surface area contributed by atoms with E-state index >= 15 is 0 Å². The zero-order valence-electron chi connectivity index (χ0n) is 15.9. The molecule has 4 rings (SSSR count). The quantitative estimate of drug-likeness (QED) is 0.703. The molecule has 0 N–H and O–H groups in total. The van der Waals surface area contributed by atoms with Gasteiger partial charge in [0.15, 0.2) is 5.65 Å². The highest BCUT2D eigenvalue weighted by molar-refractivity contribution is 6.01. The number of carbonyl (C=O) groups excluding carboxylic acids is 1. The standard InChI is InChI=1S/C21H22N6O/c1-16-19(20-23-8-2-11-27(20)24-16)21(28)26-10-3-9-25(12-13-26)15-18-6-4-17(14-22)5-7-18/h2,4-8,11H,3,9-10,12-13,15H2,1H3. The fraction of sp³-hybridized carbons (Fsp3) is 0.333. The van der Waals surface area contributed by atoms with E-state index in [2.05, 4.69) is 21.1 Å². The number of hydrogen-bond acceptors (Lipinski definition) is 5. The molecule has 0 unspecified atom stereocenters. The smallest absolute Gasteiger partial charge is 0.259 e. The molecule has 0 aliphatic carbocycles. The molecule has 0 spiro atoms. The number of amides is 1. The molecule has 1 aliphatic heterocycles. The highest BCUT2D eigenvalue weighted by atomic mass is 16.2. The summed E-state index contributed by atoms with van der Waals surface area (Å²) in [5.41, 5.74) is 3.78. The van der Waals surface area contributed by atoms with Crippen LogP contribution in [0.2, 0.25) is 0 Å². The summed E-state index contributed by atoms with van der Waals surface area (Å²) in [5.74, 6) is 0.00595. The van der Waals surface area contributed by atoms with Crippen LogP contribution in [0.3, 0.4) is 0 Å². The van der Waals surface area contributed by atoms with E-state index in [1.165, 1.54) is 5.56 Å². The second kappa shape index (κ2) is 7.79. The summed E-state index contributed by atoms with van der Waals surface area (Å²) in [4.78, 5) is 21.8. The van der Waals surface area contributed by atoms with Crippen molar-refractivity contribution in [3.05, 3.63) is 65.1 Å². The number of rotatable bonds is 3. The second-order valence-corrected chi connectivity index (χ2v) is 7.08. The van der Waals surface area contributed by atoms with Crippen molar-refractivity contribution in [2.75, 3.05) is 26.2 Å². The summed E-state index contributed by atoms with van der Waals surface area (Å²) < 4.78 is 1.66. The largest absolute Gasteiger partial charge is 0.337 e. The summed E-state index contributed by atoms with van der Waals surface area (Å²) >= 11 is 0. The third-order valence-corrected chi connectivity index (χ3v) is 5.15. The summed E-state index contributed by atoms with van der Waals surface area (Å²) in [6, 6.07) is 11.7. The first-order chi connectivity index (χ1) is 13.7. The Balaban J connectivity index is 1.45. The number of fused-ring (bicyclic) bond motifs is 1. The molecular weight excluding hydrogens is 352 g/mol. The summed E-state index contributed by atoms with van der Waals surface area (Å²) in [7, 11) is 0. The molecule has 2 aromatic heterocycles. The van der Waals surface area contributed by atoms with Crippen molar-refractivity contribution in [3.8, 4) is 6.07 Å². The minimum Gasteiger partial charge on any atom is -0.337 e. The molecule has 28 heavy (non-hydrogen) atoms. The zero-order valence-corrected chi connectivity index (χ0v) is 15.9. The number of benzene rings is 1. The predicted octanol–water partition coefficient (Wildman–Crippen LogP) is 2.26. The molecular formula is C21H22N6O. The molecule has 1 fully saturated rings. The lowest BCUT2D eigenvalue weighted by atomic mass is 10.1. The van der Waals surface area contributed by atoms with Gasteiger partial charge < -0.3 is 4.90 Å². The van der Waals surface area contributed by atoms with Crippen molar-refractivity contribution < 1.29 is 4.79 Å². The van der Waals surface area contributed by atoms with Crippen LogP contribution in [0.5, 0.6) is 0 Å². The minimum atomic E-state index is 0.00595. The molecule has 1 amide bonds. The number of hydrogen-bond donors (Lipinski definition) is 0. The maximum absolute atomic E-state index is 13.2. The fourth-order valence-corrected chi connectivity index (χ4v) is 3.68. The maximum Gasteiger partial charge on any atom is 0.259 e. The van der Waals surface area contributed by atoms with Crippen molar-refractivity contribution in [1.82, 2.24) is 24.4 Å². The van der Waals surface area contributed by atoms with Crippen LogP contribution >= 0.6 is 0 Å². The van der Waals surface area contributed by atoms with Gasteiger partial charge in [-0.25, -0.2) is 9.50 Å². The van der Waals surface area contributed by atoms with Gasteiger partial charge in [-0.3, -0.25) is 9.69 Å². The molecule has 1 aliphatic rings. The van der Waals surface area contributed by atoms with E-state index in [4.69, 9.17) is 5.26 Å². The first-order valence-electron chi connectivity index (χ1n) is 9.46. The Kier molecular flexibility index (Phi) is 5.04. The van der Waals surface area contributed by atoms with Gasteiger partial charge >= 0.3 is 0 Å². The number of nitriles is 1. The van der Waals surface area contributed by atoms with E-state index in [-0.39, 0.29) is 5.91 Å². The van der Waals surface area contributed by atoms with Crippen LogP contribution in [0, 0.1) is 18.3 Å². The lowest BCUT2D eigenvalue weighted by molar-refractivity contribution is 0.0762. The third kappa shape index (κ3) is 3.59. The van der Waals surface area contributed by atoms with E-state index in [0.29, 0.717) is 29.0 Å². The van der Waals surface area contributed by atoms with Crippen LogP contribution in [0.25, 0.3) is 5.65 Å². The number of carbonyl (C=O) groups is 1. The molecule has 3 aromatic rings. The van der Waals surface area contributed by atoms with Crippen LogP contribution in [0.15, 0.2) is 42.7 Å². The zero-order chi connectivity index (χ0) is 19.5. The van der Waals surface area contributed by atoms with Gasteiger partial charge in [0.1, 0.15) is 5.56 Å². The molecule has 142 valence electrons. The fourth-order valence-electron chi connectivity index (χ4n) is 3.68. The lowest BCUT2D eigenvalue weighted by Crippen LogP contribution is -2.35. The number of aryl methyl sites for hydroxylation is 1. The minimum absolute atomic E-state index is 0.00595. The summed E-state index contributed by atoms with van der Waals surface area (Å²) in [6.45, 7) is 5.85. The topological polar surface area (TPSA) is 77.5 Å². The van der Waals surface area contributed by atoms with Gasteiger partial charge in [-0.2, -0.15) is 10.4 Å². The predicted molar refractivity (Wildman–Crippen MR) is 105 cm³/mol. The molecule has 3 heterocycles. The molecule has 1 saturated heterocycles. The monoisotopic (exact) mass is 374 g/mol. The van der Waals surface area contributed by atoms with E-state index in [1.807, 2.05) is 42.3 Å². The number of nitrogens with zero attached hydrogens (tertiary/aromatic N) is 6. The third-order valence-electron chi connectivity index (χ3n) is 5.15. The van der Waals surface area contributed by atoms with E-state index in [9.17, 15) is 4.79 Å². The van der Waals surface area contributed by atoms with E-state index in [0.717, 1.165) is 32.6 Å². The average molecular weight is 374 g/mol. The first-order valence-corrected chi connectivity index (χ1v) is 9.46. The molecule has 0 atom stereocenters. The molecule has 7 nitrogen and oxygen atoms in total. The van der Waals surface area contributed by atoms with Gasteiger partial charge in [0.2, 0.25) is 0 Å². The highest BCUT2D eigenvalue weighted by Crippen LogP contribution is 2.17. The van der Waals surface area contributed by atoms with Gasteiger partial charge in [-0.1, -0.05) is 12.1 Å². The van der Waals surface area contributed by atoms with Crippen molar-refractivity contribution in [2.45, 2.75) is 19.9 Å². The van der Waals surface area contributed by atoms with Gasteiger partial charge in [0.25, 0.3) is 5.91 Å². The van der Waals surface area contributed by atoms with Crippen molar-refractivity contribution in [3.63, 3.8) is 0 Å². The summed E-state index contributed by atoms with van der Waals surface area (Å²) in [5, 5.41) is 13.3. The lowest BCUT2D eigenvalue weighted by Gasteiger charge is -2.22. The normalized spacial score (nSPS) is 15.4. The second-order valence-electron chi connectivity index (χ2n) is 7.08. The van der Waals surface area contributed by atoms with E-state index in [1.54, 1.807) is 16.8 Å². The molecule has 1 aromatic carbocycles. The van der Waals surface area contributed by atoms with Crippen LogP contribution in [0.4, 0.5) is 0 Å². The molecule has 0 saturated carbocycles. The Morgan fingerprint density at radius 3 is 2.79 bits per heavy atom. The highest BCUT2D eigenvalue weighted by Gasteiger charge is 2.25. The number of aromatic nitrogens is 3. The Morgan fingerprint density at radius 2 is 2.00 bits per heavy atom. The van der Waals surface area contributed by atoms with Gasteiger partial charge in [-0.15, -0.1) is 0 Å². The van der Waals surface area contributed by atoms with Crippen molar-refractivity contribution in [1.29, 1.82) is 5.26 Å². The summed E-state index contributed by atoms with van der Waals surface area (Å²) in [6.07, 6.45) is 4.43. The van der Waals surface area contributed by atoms with Crippen LogP contribution < -0.4 is 0 Å². The maximum atomic E-state index is 13.2. The first kappa shape index (κ1) is 18.1. The van der Waals surface area contributed by atoms with Crippen molar-refractivity contribution in [2.24, 2.45) is 0 Å². The Morgan fingerprint density at radius 1 is 1.18 bits per heavy atom. The Labute approximate surface area is 163 Å². The SMILES string of the molecule is Cc1nn2cccnc2c1C(=O)N1CCCN(Cc2ccc(C#N)cc2)CC1. The van der Waals surface area contributed by atoms with Crippen LogP contribution in [0.1, 0.15) is 33.6 Å².